The Bertz CT molecular complexity index is 513. The number of azo groups is 1. The molecule has 0 aliphatic carbocycles. The summed E-state index contributed by atoms with van der Waals surface area (Å²) >= 11 is 0. The summed E-state index contributed by atoms with van der Waals surface area (Å²) in [4.78, 5) is 4.00. The van der Waals surface area contributed by atoms with Crippen molar-refractivity contribution in [1.82, 2.24) is 9.82 Å². The Balaban J connectivity index is 0.000000520. The van der Waals surface area contributed by atoms with Crippen molar-refractivity contribution in [2.75, 3.05) is 0 Å². The van der Waals surface area contributed by atoms with Crippen molar-refractivity contribution in [1.29, 1.82) is 22.1 Å². The molecular weight excluding hydrogens is 256 g/mol. The van der Waals surface area contributed by atoms with Crippen LogP contribution in [0.5, 0.6) is 0 Å². The average Bonchev–Trinajstić information content (AvgIpc) is 2.49. The van der Waals surface area contributed by atoms with Crippen LogP contribution in [0.2, 0.25) is 0 Å². The van der Waals surface area contributed by atoms with Gasteiger partial charge >= 0.3 is 0 Å². The van der Waals surface area contributed by atoms with Crippen LogP contribution in [0.15, 0.2) is 70.9 Å². The molecule has 4 N–H and O–H groups in total. The number of hydrogen-bond acceptors (Lipinski definition) is 6. The van der Waals surface area contributed by atoms with E-state index in [2.05, 4.69) is 10.2 Å². The van der Waals surface area contributed by atoms with Gasteiger partial charge < -0.3 is 0 Å². The Morgan fingerprint density at radius 2 is 0.800 bits per heavy atom. The number of rotatable bonds is 2. The first-order valence-corrected chi connectivity index (χ1v) is 5.36. The van der Waals surface area contributed by atoms with E-state index in [-0.39, 0.29) is 0 Å². The second-order valence-corrected chi connectivity index (χ2v) is 3.09. The maximum absolute atomic E-state index is 5.50. The molecule has 0 heterocycles. The molecule has 0 aliphatic heterocycles. The van der Waals surface area contributed by atoms with Crippen molar-refractivity contribution in [2.24, 2.45) is 10.2 Å². The zero-order chi connectivity index (χ0) is 15.1. The topological polar surface area (TPSA) is 148 Å². The summed E-state index contributed by atoms with van der Waals surface area (Å²) in [6, 6.07) is 19.4. The molecule has 2 aromatic carbocycles. The zero-order valence-corrected chi connectivity index (χ0v) is 10.6. The molecule has 0 spiro atoms. The van der Waals surface area contributed by atoms with Crippen LogP contribution in [-0.4, -0.2) is 0 Å². The van der Waals surface area contributed by atoms with Crippen LogP contribution < -0.4 is 9.82 Å². The van der Waals surface area contributed by atoms with E-state index in [1.807, 2.05) is 70.5 Å². The van der Waals surface area contributed by atoms with Gasteiger partial charge in [-0.15, -0.1) is 0 Å². The van der Waals surface area contributed by atoms with Crippen molar-refractivity contribution in [3.8, 4) is 0 Å². The summed E-state index contributed by atoms with van der Waals surface area (Å²) in [5, 5.41) is 8.20. The minimum Gasteiger partial charge on any atom is -0.151 e. The van der Waals surface area contributed by atoms with Gasteiger partial charge in [0.05, 0.1) is 11.4 Å². The molecule has 8 heteroatoms. The van der Waals surface area contributed by atoms with E-state index in [1.165, 1.54) is 0 Å². The van der Waals surface area contributed by atoms with E-state index in [1.54, 1.807) is 0 Å². The Morgan fingerprint density at radius 3 is 1.05 bits per heavy atom. The van der Waals surface area contributed by atoms with Crippen molar-refractivity contribution >= 4 is 11.4 Å². The molecule has 20 heavy (non-hydrogen) atoms. The highest BCUT2D eigenvalue weighted by molar-refractivity contribution is 5.39. The third-order valence-corrected chi connectivity index (χ3v) is 1.79. The summed E-state index contributed by atoms with van der Waals surface area (Å²) < 4.78 is 0. The van der Waals surface area contributed by atoms with Gasteiger partial charge in [0.15, 0.2) is 0 Å². The minimum atomic E-state index is 0.872. The maximum atomic E-state index is 5.50. The average molecular weight is 270 g/mol. The number of hydrogen-bond donors (Lipinski definition) is 4. The van der Waals surface area contributed by atoms with Gasteiger partial charge in [0.25, 0.3) is 0 Å². The molecular formula is C12H14N8+2. The van der Waals surface area contributed by atoms with Gasteiger partial charge in [0.1, 0.15) is 22.1 Å². The highest BCUT2D eigenvalue weighted by Crippen LogP contribution is 2.16. The summed E-state index contributed by atoms with van der Waals surface area (Å²) in [6.07, 6.45) is 0. The third kappa shape index (κ3) is 8.77. The number of nitrogens with zero attached hydrogens (tertiary/aromatic N) is 4. The molecule has 2 rings (SSSR count). The lowest BCUT2D eigenvalue weighted by Crippen LogP contribution is -1.62. The Hall–Kier alpha value is -3.34. The Morgan fingerprint density at radius 1 is 0.550 bits per heavy atom. The normalized spacial score (nSPS) is 8.20. The van der Waals surface area contributed by atoms with E-state index >= 15 is 0 Å². The van der Waals surface area contributed by atoms with Crippen LogP contribution in [0.4, 0.5) is 11.4 Å². The predicted molar refractivity (Wildman–Crippen MR) is 72.2 cm³/mol. The maximum Gasteiger partial charge on any atom is 0.211 e. The van der Waals surface area contributed by atoms with Crippen molar-refractivity contribution in [3.63, 3.8) is 0 Å². The lowest BCUT2D eigenvalue weighted by atomic mass is 10.3. The smallest absolute Gasteiger partial charge is 0.151 e. The Kier molecular flexibility index (Phi) is 10.1. The van der Waals surface area contributed by atoms with Crippen LogP contribution in [0.1, 0.15) is 0 Å². The monoisotopic (exact) mass is 270 g/mol. The van der Waals surface area contributed by atoms with Crippen LogP contribution >= 0.6 is 0 Å². The lowest BCUT2D eigenvalue weighted by Gasteiger charge is -1.91. The van der Waals surface area contributed by atoms with Crippen LogP contribution in [-0.2, 0) is 0 Å². The van der Waals surface area contributed by atoms with Crippen LogP contribution in [0.3, 0.4) is 0 Å². The molecule has 0 atom stereocenters. The molecule has 0 aliphatic rings. The first kappa shape index (κ1) is 16.7. The van der Waals surface area contributed by atoms with Crippen LogP contribution in [0.25, 0.3) is 0 Å². The molecule has 0 amide bonds. The van der Waals surface area contributed by atoms with Crippen LogP contribution in [0, 0.1) is 22.1 Å². The van der Waals surface area contributed by atoms with E-state index < -0.39 is 0 Å². The molecule has 0 saturated carbocycles. The largest absolute Gasteiger partial charge is 0.211 e. The van der Waals surface area contributed by atoms with Gasteiger partial charge in [-0.1, -0.05) is 36.4 Å². The van der Waals surface area contributed by atoms with E-state index in [0.717, 1.165) is 11.4 Å². The zero-order valence-electron chi connectivity index (χ0n) is 10.6. The van der Waals surface area contributed by atoms with E-state index in [4.69, 9.17) is 22.1 Å². The predicted octanol–water partition coefficient (Wildman–Crippen LogP) is 4.33. The third-order valence-electron chi connectivity index (χ3n) is 1.79. The van der Waals surface area contributed by atoms with Gasteiger partial charge in [-0.2, -0.15) is 10.2 Å². The fraction of sp³-hybridized carbons (Fsp3) is 0. The fourth-order valence-corrected chi connectivity index (χ4v) is 1.10. The number of nitrogens with one attached hydrogen (secondary N) is 4. The standard InChI is InChI=1S/C12H10N2.2H2N3/c1-3-7-11(8-4-1)13-14-12-9-5-2-6-10-12;2*1-3-2/h1-10H;2*1-2H/q;2*+1. The molecule has 0 unspecified atom stereocenters. The first-order valence-electron chi connectivity index (χ1n) is 5.36. The number of benzene rings is 2. The van der Waals surface area contributed by atoms with Crippen molar-refractivity contribution in [2.45, 2.75) is 0 Å². The highest BCUT2D eigenvalue weighted by atomic mass is 15.1. The summed E-state index contributed by atoms with van der Waals surface area (Å²) in [7, 11) is 0. The van der Waals surface area contributed by atoms with E-state index in [0.29, 0.717) is 0 Å². The molecule has 0 bridgehead atoms. The summed E-state index contributed by atoms with van der Waals surface area (Å²) in [5.74, 6) is 0. The second kappa shape index (κ2) is 12.1. The lowest BCUT2D eigenvalue weighted by molar-refractivity contribution is 0.928. The first-order chi connectivity index (χ1) is 9.78. The van der Waals surface area contributed by atoms with E-state index in [9.17, 15) is 0 Å². The SMILES string of the molecule is N=[N+]=N.N=[N+]=N.c1ccc(N=Nc2ccccc2)cc1. The van der Waals surface area contributed by atoms with Gasteiger partial charge in [-0.3, -0.25) is 0 Å². The summed E-state index contributed by atoms with van der Waals surface area (Å²) in [6.45, 7) is 0. The second-order valence-electron chi connectivity index (χ2n) is 3.09. The molecule has 0 radical (unpaired) electrons. The summed E-state index contributed by atoms with van der Waals surface area (Å²) in [5.41, 5.74) is 23.7. The van der Waals surface area contributed by atoms with Gasteiger partial charge in [-0.25, -0.2) is 0 Å². The highest BCUT2D eigenvalue weighted by Gasteiger charge is 1.86. The van der Waals surface area contributed by atoms with Crippen molar-refractivity contribution in [3.05, 3.63) is 60.7 Å². The minimum absolute atomic E-state index is 0.872. The van der Waals surface area contributed by atoms with Crippen molar-refractivity contribution < 1.29 is 0 Å². The fourth-order valence-electron chi connectivity index (χ4n) is 1.10. The molecule has 8 nitrogen and oxygen atoms in total. The molecule has 2 aromatic rings. The van der Waals surface area contributed by atoms with Gasteiger partial charge in [0.2, 0.25) is 9.82 Å². The van der Waals surface area contributed by atoms with Gasteiger partial charge in [0, 0.05) is 0 Å². The Labute approximate surface area is 115 Å². The molecule has 0 aromatic heterocycles. The molecule has 0 saturated heterocycles. The quantitative estimate of drug-likeness (QED) is 0.454. The van der Waals surface area contributed by atoms with Gasteiger partial charge in [-0.05, 0) is 24.3 Å². The molecule has 0 fully saturated rings. The molecule has 100 valence electrons.